The molecule has 82 valence electrons. The maximum atomic E-state index is 5.79. The van der Waals surface area contributed by atoms with E-state index in [1.54, 1.807) is 6.20 Å². The molecule has 1 heterocycles. The topological polar surface area (TPSA) is 25.8 Å². The summed E-state index contributed by atoms with van der Waals surface area (Å²) in [5.74, 6) is 0. The Kier molecular flexibility index (Phi) is 2.50. The summed E-state index contributed by atoms with van der Waals surface area (Å²) in [4.78, 5) is 8.26. The van der Waals surface area contributed by atoms with Crippen LogP contribution >= 0.6 is 11.6 Å². The van der Waals surface area contributed by atoms with Crippen molar-refractivity contribution in [1.82, 2.24) is 9.97 Å². The fourth-order valence-corrected chi connectivity index (χ4v) is 2.04. The fourth-order valence-electron chi connectivity index (χ4n) is 1.90. The molecule has 0 bridgehead atoms. The number of fused-ring (bicyclic) bond motifs is 1. The molecular weight excluding hydrogens is 232 g/mol. The van der Waals surface area contributed by atoms with Crippen LogP contribution in [-0.4, -0.2) is 9.97 Å². The summed E-state index contributed by atoms with van der Waals surface area (Å²) < 4.78 is 0. The Morgan fingerprint density at radius 2 is 1.71 bits per heavy atom. The van der Waals surface area contributed by atoms with Crippen molar-refractivity contribution in [2.24, 2.45) is 0 Å². The Morgan fingerprint density at radius 3 is 2.53 bits per heavy atom. The first-order valence-corrected chi connectivity index (χ1v) is 5.69. The van der Waals surface area contributed by atoms with Crippen LogP contribution in [0.2, 0.25) is 5.28 Å². The van der Waals surface area contributed by atoms with Crippen molar-refractivity contribution >= 4 is 22.5 Å². The summed E-state index contributed by atoms with van der Waals surface area (Å²) in [6.07, 6.45) is 1.77. The fraction of sp³-hybridized carbons (Fsp3) is 0. The zero-order valence-electron chi connectivity index (χ0n) is 8.97. The molecule has 1 aromatic heterocycles. The molecule has 0 saturated carbocycles. The number of hydrogen-bond donors (Lipinski definition) is 0. The summed E-state index contributed by atoms with van der Waals surface area (Å²) in [6, 6.07) is 16.2. The van der Waals surface area contributed by atoms with Crippen molar-refractivity contribution in [2.75, 3.05) is 0 Å². The van der Waals surface area contributed by atoms with Crippen molar-refractivity contribution in [1.29, 1.82) is 0 Å². The molecule has 17 heavy (non-hydrogen) atoms. The number of rotatable bonds is 1. The van der Waals surface area contributed by atoms with Gasteiger partial charge >= 0.3 is 0 Å². The second-order valence-electron chi connectivity index (χ2n) is 3.74. The lowest BCUT2D eigenvalue weighted by Gasteiger charge is -2.05. The molecule has 0 unspecified atom stereocenters. The molecular formula is C14H9ClN2. The van der Waals surface area contributed by atoms with E-state index < -0.39 is 0 Å². The Morgan fingerprint density at radius 1 is 0.882 bits per heavy atom. The number of aromatic nitrogens is 2. The van der Waals surface area contributed by atoms with Crippen molar-refractivity contribution < 1.29 is 0 Å². The van der Waals surface area contributed by atoms with Gasteiger partial charge in [-0.1, -0.05) is 42.5 Å². The van der Waals surface area contributed by atoms with E-state index in [1.807, 2.05) is 30.3 Å². The quantitative estimate of drug-likeness (QED) is 0.602. The minimum absolute atomic E-state index is 0.280. The first-order chi connectivity index (χ1) is 8.34. The molecule has 0 spiro atoms. The van der Waals surface area contributed by atoms with Crippen LogP contribution < -0.4 is 0 Å². The van der Waals surface area contributed by atoms with Crippen LogP contribution in [0.15, 0.2) is 54.7 Å². The minimum Gasteiger partial charge on any atom is -0.226 e. The normalized spacial score (nSPS) is 10.6. The van der Waals surface area contributed by atoms with Crippen molar-refractivity contribution in [3.63, 3.8) is 0 Å². The lowest BCUT2D eigenvalue weighted by atomic mass is 10.0. The molecule has 3 rings (SSSR count). The summed E-state index contributed by atoms with van der Waals surface area (Å²) in [6.45, 7) is 0. The largest absolute Gasteiger partial charge is 0.226 e. The van der Waals surface area contributed by atoms with Gasteiger partial charge in [0, 0.05) is 11.6 Å². The SMILES string of the molecule is Clc1ncc2c(-c3ccccc3)cccc2n1. The van der Waals surface area contributed by atoms with Crippen LogP contribution in [-0.2, 0) is 0 Å². The van der Waals surface area contributed by atoms with Gasteiger partial charge < -0.3 is 0 Å². The van der Waals surface area contributed by atoms with Crippen LogP contribution in [0.3, 0.4) is 0 Å². The molecule has 3 heteroatoms. The van der Waals surface area contributed by atoms with Crippen LogP contribution in [0.4, 0.5) is 0 Å². The van der Waals surface area contributed by atoms with Gasteiger partial charge in [0.1, 0.15) is 0 Å². The van der Waals surface area contributed by atoms with Crippen LogP contribution in [0.25, 0.3) is 22.0 Å². The first kappa shape index (κ1) is 10.2. The third-order valence-electron chi connectivity index (χ3n) is 2.68. The average molecular weight is 241 g/mol. The highest BCUT2D eigenvalue weighted by Crippen LogP contribution is 2.27. The van der Waals surface area contributed by atoms with Gasteiger partial charge in [0.25, 0.3) is 0 Å². The minimum atomic E-state index is 0.280. The Bertz CT molecular complexity index is 665. The second kappa shape index (κ2) is 4.15. The predicted octanol–water partition coefficient (Wildman–Crippen LogP) is 3.95. The Hall–Kier alpha value is -1.93. The number of benzene rings is 2. The van der Waals surface area contributed by atoms with Gasteiger partial charge in [0.05, 0.1) is 5.52 Å². The molecule has 0 aliphatic heterocycles. The van der Waals surface area contributed by atoms with Gasteiger partial charge in [-0.05, 0) is 28.8 Å². The van der Waals surface area contributed by atoms with E-state index in [2.05, 4.69) is 28.2 Å². The van der Waals surface area contributed by atoms with Crippen molar-refractivity contribution in [3.05, 3.63) is 60.0 Å². The van der Waals surface area contributed by atoms with Crippen molar-refractivity contribution in [3.8, 4) is 11.1 Å². The molecule has 0 saturated heterocycles. The third-order valence-corrected chi connectivity index (χ3v) is 2.86. The molecule has 0 N–H and O–H groups in total. The van der Waals surface area contributed by atoms with Crippen molar-refractivity contribution in [2.45, 2.75) is 0 Å². The Labute approximate surface area is 104 Å². The highest BCUT2D eigenvalue weighted by atomic mass is 35.5. The molecule has 0 radical (unpaired) electrons. The molecule has 3 aromatic rings. The lowest BCUT2D eigenvalue weighted by molar-refractivity contribution is 1.22. The summed E-state index contributed by atoms with van der Waals surface area (Å²) in [5.41, 5.74) is 3.15. The number of nitrogens with zero attached hydrogens (tertiary/aromatic N) is 2. The zero-order chi connectivity index (χ0) is 11.7. The van der Waals surface area contributed by atoms with E-state index >= 15 is 0 Å². The summed E-state index contributed by atoms with van der Waals surface area (Å²) in [7, 11) is 0. The van der Waals surface area contributed by atoms with E-state index in [9.17, 15) is 0 Å². The first-order valence-electron chi connectivity index (χ1n) is 5.31. The highest BCUT2D eigenvalue weighted by Gasteiger charge is 2.04. The Balaban J connectivity index is 2.31. The summed E-state index contributed by atoms with van der Waals surface area (Å²) >= 11 is 5.79. The zero-order valence-corrected chi connectivity index (χ0v) is 9.72. The molecule has 0 aliphatic carbocycles. The van der Waals surface area contributed by atoms with Crippen LogP contribution in [0.5, 0.6) is 0 Å². The second-order valence-corrected chi connectivity index (χ2v) is 4.08. The van der Waals surface area contributed by atoms with Crippen LogP contribution in [0.1, 0.15) is 0 Å². The number of hydrogen-bond acceptors (Lipinski definition) is 2. The predicted molar refractivity (Wildman–Crippen MR) is 70.0 cm³/mol. The maximum absolute atomic E-state index is 5.79. The van der Waals surface area contributed by atoms with E-state index in [0.717, 1.165) is 22.0 Å². The van der Waals surface area contributed by atoms with Crippen LogP contribution in [0, 0.1) is 0 Å². The molecule has 0 atom stereocenters. The monoisotopic (exact) mass is 240 g/mol. The molecule has 0 amide bonds. The van der Waals surface area contributed by atoms with Gasteiger partial charge in [0.2, 0.25) is 5.28 Å². The number of halogens is 1. The molecule has 2 nitrogen and oxygen atoms in total. The van der Waals surface area contributed by atoms with Gasteiger partial charge in [-0.3, -0.25) is 0 Å². The van der Waals surface area contributed by atoms with E-state index in [1.165, 1.54) is 0 Å². The van der Waals surface area contributed by atoms with E-state index in [-0.39, 0.29) is 5.28 Å². The van der Waals surface area contributed by atoms with Gasteiger partial charge in [-0.15, -0.1) is 0 Å². The highest BCUT2D eigenvalue weighted by molar-refractivity contribution is 6.28. The lowest BCUT2D eigenvalue weighted by Crippen LogP contribution is -1.87. The molecule has 2 aromatic carbocycles. The summed E-state index contributed by atoms with van der Waals surface area (Å²) in [5, 5.41) is 1.30. The van der Waals surface area contributed by atoms with Gasteiger partial charge in [-0.2, -0.15) is 0 Å². The average Bonchev–Trinajstić information content (AvgIpc) is 2.39. The maximum Gasteiger partial charge on any atom is 0.222 e. The standard InChI is InChI=1S/C14H9ClN2/c15-14-16-9-12-11(7-4-8-13(12)17-14)10-5-2-1-3-6-10/h1-9H. The van der Waals surface area contributed by atoms with Gasteiger partial charge in [0.15, 0.2) is 0 Å². The third kappa shape index (κ3) is 1.87. The smallest absolute Gasteiger partial charge is 0.222 e. The van der Waals surface area contributed by atoms with E-state index in [4.69, 9.17) is 11.6 Å². The molecule has 0 aliphatic rings. The van der Waals surface area contributed by atoms with Gasteiger partial charge in [-0.25, -0.2) is 9.97 Å². The molecule has 0 fully saturated rings. The van der Waals surface area contributed by atoms with E-state index in [0.29, 0.717) is 0 Å².